The molecule has 5 heteroatoms. The van der Waals surface area contributed by atoms with E-state index in [0.29, 0.717) is 19.6 Å². The molecule has 0 aliphatic carbocycles. The fourth-order valence-corrected chi connectivity index (χ4v) is 1.24. The molecule has 0 aromatic carbocycles. The van der Waals surface area contributed by atoms with Gasteiger partial charge in [0.15, 0.2) is 0 Å². The third-order valence-electron chi connectivity index (χ3n) is 1.90. The van der Waals surface area contributed by atoms with Gasteiger partial charge in [-0.15, -0.1) is 0 Å². The Morgan fingerprint density at radius 1 is 1.69 bits per heavy atom. The van der Waals surface area contributed by atoms with Gasteiger partial charge in [0.05, 0.1) is 13.1 Å². The maximum atomic E-state index is 11.2. The number of hydrogen-bond donors (Lipinski definition) is 2. The Morgan fingerprint density at radius 2 is 2.46 bits per heavy atom. The van der Waals surface area contributed by atoms with Crippen molar-refractivity contribution in [1.82, 2.24) is 15.5 Å². The Bertz CT molecular complexity index is 206. The Hall–Kier alpha value is -1.10. The van der Waals surface area contributed by atoms with Gasteiger partial charge < -0.3 is 15.5 Å². The summed E-state index contributed by atoms with van der Waals surface area (Å²) in [7, 11) is 0. The first-order valence-electron chi connectivity index (χ1n) is 4.49. The van der Waals surface area contributed by atoms with E-state index >= 15 is 0 Å². The lowest BCUT2D eigenvalue weighted by Crippen LogP contribution is -2.51. The minimum Gasteiger partial charge on any atom is -0.355 e. The summed E-state index contributed by atoms with van der Waals surface area (Å²) in [6.07, 6.45) is 0. The molecule has 0 bridgehead atoms. The molecular weight excluding hydrogens is 170 g/mol. The highest BCUT2D eigenvalue weighted by molar-refractivity contribution is 5.86. The van der Waals surface area contributed by atoms with Gasteiger partial charge >= 0.3 is 0 Å². The van der Waals surface area contributed by atoms with Crippen LogP contribution in [-0.2, 0) is 9.59 Å². The van der Waals surface area contributed by atoms with Crippen molar-refractivity contribution in [2.45, 2.75) is 6.92 Å². The molecule has 74 valence electrons. The number of nitrogens with zero attached hydrogens (tertiary/aromatic N) is 1. The van der Waals surface area contributed by atoms with Crippen LogP contribution in [-0.4, -0.2) is 49.4 Å². The second kappa shape index (κ2) is 4.81. The molecule has 5 nitrogen and oxygen atoms in total. The molecule has 1 aliphatic heterocycles. The van der Waals surface area contributed by atoms with Crippen LogP contribution in [0.25, 0.3) is 0 Å². The molecule has 0 atom stereocenters. The van der Waals surface area contributed by atoms with Crippen molar-refractivity contribution in [3.8, 4) is 0 Å². The lowest BCUT2D eigenvalue weighted by Gasteiger charge is -2.26. The normalized spacial score (nSPS) is 17.3. The number of piperazine rings is 1. The third kappa shape index (κ3) is 3.02. The fourth-order valence-electron chi connectivity index (χ4n) is 1.24. The van der Waals surface area contributed by atoms with E-state index in [1.54, 1.807) is 4.90 Å². The maximum absolute atomic E-state index is 11.2. The molecular formula is C8H15N3O2. The van der Waals surface area contributed by atoms with Gasteiger partial charge in [-0.1, -0.05) is 0 Å². The number of nitrogens with one attached hydrogen (secondary N) is 2. The van der Waals surface area contributed by atoms with Gasteiger partial charge in [-0.25, -0.2) is 0 Å². The van der Waals surface area contributed by atoms with Crippen molar-refractivity contribution in [3.05, 3.63) is 0 Å². The fraction of sp³-hybridized carbons (Fsp3) is 0.750. The van der Waals surface area contributed by atoms with Crippen LogP contribution in [0.2, 0.25) is 0 Å². The maximum Gasteiger partial charge on any atom is 0.239 e. The van der Waals surface area contributed by atoms with E-state index in [4.69, 9.17) is 0 Å². The van der Waals surface area contributed by atoms with E-state index in [2.05, 4.69) is 10.6 Å². The van der Waals surface area contributed by atoms with Crippen molar-refractivity contribution in [2.75, 3.05) is 32.7 Å². The monoisotopic (exact) mass is 185 g/mol. The molecule has 0 radical (unpaired) electrons. The second-order valence-corrected chi connectivity index (χ2v) is 2.95. The van der Waals surface area contributed by atoms with Crippen molar-refractivity contribution < 1.29 is 9.59 Å². The number of hydrogen-bond acceptors (Lipinski definition) is 3. The summed E-state index contributed by atoms with van der Waals surface area (Å²) >= 11 is 0. The molecule has 1 aliphatic rings. The zero-order chi connectivity index (χ0) is 9.68. The average molecular weight is 185 g/mol. The SMILES string of the molecule is CCNC(=O)CN1CCNCC1=O. The zero-order valence-electron chi connectivity index (χ0n) is 7.80. The highest BCUT2D eigenvalue weighted by Gasteiger charge is 2.19. The van der Waals surface area contributed by atoms with Crippen molar-refractivity contribution in [3.63, 3.8) is 0 Å². The van der Waals surface area contributed by atoms with E-state index in [-0.39, 0.29) is 18.4 Å². The van der Waals surface area contributed by atoms with Crippen LogP contribution in [0.1, 0.15) is 6.92 Å². The predicted molar refractivity (Wildman–Crippen MR) is 48.1 cm³/mol. The van der Waals surface area contributed by atoms with E-state index in [9.17, 15) is 9.59 Å². The molecule has 0 unspecified atom stereocenters. The van der Waals surface area contributed by atoms with Gasteiger partial charge in [-0.05, 0) is 6.92 Å². The van der Waals surface area contributed by atoms with E-state index in [1.165, 1.54) is 0 Å². The molecule has 0 spiro atoms. The van der Waals surface area contributed by atoms with Crippen LogP contribution in [0.3, 0.4) is 0 Å². The summed E-state index contributed by atoms with van der Waals surface area (Å²) in [5, 5.41) is 5.61. The first-order valence-corrected chi connectivity index (χ1v) is 4.49. The molecule has 0 aromatic rings. The number of carbonyl (C=O) groups excluding carboxylic acids is 2. The number of carbonyl (C=O) groups is 2. The molecule has 1 saturated heterocycles. The smallest absolute Gasteiger partial charge is 0.239 e. The first kappa shape index (κ1) is 9.98. The Labute approximate surface area is 77.5 Å². The standard InChI is InChI=1S/C8H15N3O2/c1-2-10-7(12)6-11-4-3-9-5-8(11)13/h9H,2-6H2,1H3,(H,10,12). The third-order valence-corrected chi connectivity index (χ3v) is 1.90. The summed E-state index contributed by atoms with van der Waals surface area (Å²) in [6.45, 7) is 4.39. The highest BCUT2D eigenvalue weighted by atomic mass is 16.2. The summed E-state index contributed by atoms with van der Waals surface area (Å²) in [6, 6.07) is 0. The summed E-state index contributed by atoms with van der Waals surface area (Å²) < 4.78 is 0. The van der Waals surface area contributed by atoms with Crippen LogP contribution in [0, 0.1) is 0 Å². The molecule has 0 saturated carbocycles. The predicted octanol–water partition coefficient (Wildman–Crippen LogP) is -1.45. The Morgan fingerprint density at radius 3 is 3.08 bits per heavy atom. The molecule has 2 N–H and O–H groups in total. The molecule has 13 heavy (non-hydrogen) atoms. The summed E-state index contributed by atoms with van der Waals surface area (Å²) in [4.78, 5) is 23.9. The van der Waals surface area contributed by atoms with Crippen LogP contribution < -0.4 is 10.6 Å². The van der Waals surface area contributed by atoms with Crippen LogP contribution >= 0.6 is 0 Å². The molecule has 2 amide bonds. The van der Waals surface area contributed by atoms with Gasteiger partial charge in [-0.2, -0.15) is 0 Å². The van der Waals surface area contributed by atoms with E-state index in [1.807, 2.05) is 6.92 Å². The van der Waals surface area contributed by atoms with Gasteiger partial charge in [0.2, 0.25) is 11.8 Å². The topological polar surface area (TPSA) is 61.4 Å². The van der Waals surface area contributed by atoms with Gasteiger partial charge in [0.1, 0.15) is 0 Å². The highest BCUT2D eigenvalue weighted by Crippen LogP contribution is 1.92. The van der Waals surface area contributed by atoms with Crippen molar-refractivity contribution in [2.24, 2.45) is 0 Å². The molecule has 1 heterocycles. The lowest BCUT2D eigenvalue weighted by molar-refractivity contribution is -0.136. The van der Waals surface area contributed by atoms with Crippen LogP contribution in [0.5, 0.6) is 0 Å². The van der Waals surface area contributed by atoms with Gasteiger partial charge in [0.25, 0.3) is 0 Å². The quantitative estimate of drug-likeness (QED) is 0.566. The Balaban J connectivity index is 2.33. The minimum absolute atomic E-state index is 0.00231. The summed E-state index contributed by atoms with van der Waals surface area (Å²) in [5.74, 6) is -0.0877. The number of likely N-dealkylation sites (N-methyl/N-ethyl adjacent to an activating group) is 1. The summed E-state index contributed by atoms with van der Waals surface area (Å²) in [5.41, 5.74) is 0. The van der Waals surface area contributed by atoms with Crippen molar-refractivity contribution >= 4 is 11.8 Å². The van der Waals surface area contributed by atoms with Crippen molar-refractivity contribution in [1.29, 1.82) is 0 Å². The molecule has 1 fully saturated rings. The molecule has 0 aromatic heterocycles. The van der Waals surface area contributed by atoms with Gasteiger partial charge in [-0.3, -0.25) is 9.59 Å². The molecule has 1 rings (SSSR count). The first-order chi connectivity index (χ1) is 6.24. The minimum atomic E-state index is -0.0854. The average Bonchev–Trinajstić information content (AvgIpc) is 2.09. The second-order valence-electron chi connectivity index (χ2n) is 2.95. The Kier molecular flexibility index (Phi) is 3.70. The van der Waals surface area contributed by atoms with E-state index < -0.39 is 0 Å². The van der Waals surface area contributed by atoms with E-state index in [0.717, 1.165) is 6.54 Å². The zero-order valence-corrected chi connectivity index (χ0v) is 7.80. The lowest BCUT2D eigenvalue weighted by atomic mass is 10.3. The largest absolute Gasteiger partial charge is 0.355 e. The van der Waals surface area contributed by atoms with Crippen LogP contribution in [0.15, 0.2) is 0 Å². The van der Waals surface area contributed by atoms with Gasteiger partial charge in [0, 0.05) is 19.6 Å². The number of amides is 2. The van der Waals surface area contributed by atoms with Crippen LogP contribution in [0.4, 0.5) is 0 Å². The number of rotatable bonds is 3.